The summed E-state index contributed by atoms with van der Waals surface area (Å²) in [4.78, 5) is 34.5. The number of nitrogens with two attached hydrogens (primary N) is 1. The predicted octanol–water partition coefficient (Wildman–Crippen LogP) is 3.92. The number of amides is 2. The quantitative estimate of drug-likeness (QED) is 0.613. The maximum atomic E-state index is 13.1. The zero-order chi connectivity index (χ0) is 26.2. The van der Waals surface area contributed by atoms with Crippen LogP contribution in [0.25, 0.3) is 0 Å². The second kappa shape index (κ2) is 10.6. The molecule has 2 N–H and O–H groups in total. The Morgan fingerprint density at radius 3 is 2.46 bits per heavy atom. The largest absolute Gasteiger partial charge is 0.394 e. The predicted molar refractivity (Wildman–Crippen MR) is 146 cm³/mol. The van der Waals surface area contributed by atoms with Crippen LogP contribution in [0.4, 0.5) is 0 Å². The minimum absolute atomic E-state index is 0.00519. The maximum absolute atomic E-state index is 13.1. The average molecular weight is 507 g/mol. The Hall–Kier alpha value is -2.67. The van der Waals surface area contributed by atoms with Crippen molar-refractivity contribution >= 4 is 17.5 Å². The highest BCUT2D eigenvalue weighted by molar-refractivity contribution is 6.09. The van der Waals surface area contributed by atoms with Crippen LogP contribution in [0.5, 0.6) is 0 Å². The van der Waals surface area contributed by atoms with E-state index < -0.39 is 0 Å². The van der Waals surface area contributed by atoms with E-state index in [0.29, 0.717) is 24.4 Å². The van der Waals surface area contributed by atoms with Gasteiger partial charge >= 0.3 is 0 Å². The van der Waals surface area contributed by atoms with Gasteiger partial charge in [0, 0.05) is 37.5 Å². The van der Waals surface area contributed by atoms with Crippen LogP contribution in [0.3, 0.4) is 0 Å². The Morgan fingerprint density at radius 1 is 1.08 bits per heavy atom. The Morgan fingerprint density at radius 2 is 1.78 bits per heavy atom. The van der Waals surface area contributed by atoms with Crippen LogP contribution >= 0.6 is 0 Å². The first-order valence-electron chi connectivity index (χ1n) is 14.1. The number of likely N-dealkylation sites (tertiary alicyclic amines) is 1. The van der Waals surface area contributed by atoms with Gasteiger partial charge in [-0.05, 0) is 81.3 Å². The molecule has 200 valence electrons. The van der Waals surface area contributed by atoms with Crippen LogP contribution in [-0.4, -0.2) is 72.3 Å². The van der Waals surface area contributed by atoms with Gasteiger partial charge in [-0.1, -0.05) is 31.2 Å². The highest BCUT2D eigenvalue weighted by Gasteiger charge is 2.39. The van der Waals surface area contributed by atoms with E-state index in [9.17, 15) is 9.59 Å². The van der Waals surface area contributed by atoms with Gasteiger partial charge in [0.15, 0.2) is 0 Å². The molecule has 0 radical (unpaired) electrons. The Bertz CT molecular complexity index is 1090. The molecule has 4 aliphatic rings. The lowest BCUT2D eigenvalue weighted by Gasteiger charge is -2.35. The van der Waals surface area contributed by atoms with Gasteiger partial charge < -0.3 is 20.3 Å². The van der Waals surface area contributed by atoms with Crippen molar-refractivity contribution in [2.45, 2.75) is 89.3 Å². The van der Waals surface area contributed by atoms with Gasteiger partial charge in [0.25, 0.3) is 5.91 Å². The zero-order valence-electron chi connectivity index (χ0n) is 22.7. The van der Waals surface area contributed by atoms with Gasteiger partial charge in [0.2, 0.25) is 5.91 Å². The number of allylic oxidation sites excluding steroid dienone is 1. The fourth-order valence-electron chi connectivity index (χ4n) is 6.21. The molecule has 5 rings (SSSR count). The van der Waals surface area contributed by atoms with Crippen LogP contribution in [0, 0.1) is 0 Å². The van der Waals surface area contributed by atoms with E-state index in [4.69, 9.17) is 10.5 Å². The van der Waals surface area contributed by atoms with Gasteiger partial charge in [-0.15, -0.1) is 0 Å². The lowest BCUT2D eigenvalue weighted by Crippen LogP contribution is -2.49. The molecule has 7 heteroatoms. The molecule has 2 atom stereocenters. The summed E-state index contributed by atoms with van der Waals surface area (Å²) >= 11 is 0. The second-order valence-electron chi connectivity index (χ2n) is 11.8. The van der Waals surface area contributed by atoms with E-state index in [1.165, 1.54) is 24.0 Å². The van der Waals surface area contributed by atoms with E-state index in [1.807, 2.05) is 18.7 Å². The molecule has 2 saturated carbocycles. The van der Waals surface area contributed by atoms with Crippen LogP contribution in [0.2, 0.25) is 0 Å². The molecule has 7 nitrogen and oxygen atoms in total. The molecule has 4 fully saturated rings. The van der Waals surface area contributed by atoms with Crippen molar-refractivity contribution in [2.24, 2.45) is 10.7 Å². The van der Waals surface area contributed by atoms with Crippen molar-refractivity contribution < 1.29 is 14.3 Å². The third-order valence-electron chi connectivity index (χ3n) is 8.76. The first-order valence-corrected chi connectivity index (χ1v) is 14.1. The Kier molecular flexibility index (Phi) is 7.44. The summed E-state index contributed by atoms with van der Waals surface area (Å²) in [6.45, 7) is 9.06. The molecule has 0 bridgehead atoms. The third-order valence-corrected chi connectivity index (χ3v) is 8.76. The van der Waals surface area contributed by atoms with E-state index >= 15 is 0 Å². The molecule has 2 amide bonds. The van der Waals surface area contributed by atoms with Gasteiger partial charge in [-0.2, -0.15) is 0 Å². The number of piperidine rings is 1. The summed E-state index contributed by atoms with van der Waals surface area (Å²) in [5.41, 5.74) is 11.6. The molecule has 1 aromatic carbocycles. The number of hydrogen-bond donors (Lipinski definition) is 1. The number of ether oxygens (including phenoxy) is 1. The minimum atomic E-state index is -0.139. The first kappa shape index (κ1) is 26.0. The second-order valence-corrected chi connectivity index (χ2v) is 11.8. The van der Waals surface area contributed by atoms with Crippen LogP contribution in [0.15, 0.2) is 40.5 Å². The number of hydrogen-bond acceptors (Lipinski definition) is 5. The van der Waals surface area contributed by atoms with Crippen LogP contribution in [0.1, 0.15) is 82.8 Å². The molecule has 2 heterocycles. The maximum Gasteiger partial charge on any atom is 0.270 e. The van der Waals surface area contributed by atoms with Crippen molar-refractivity contribution in [1.29, 1.82) is 0 Å². The van der Waals surface area contributed by atoms with E-state index in [-0.39, 0.29) is 36.3 Å². The SMILES string of the molecule is C[C@@H]1CN(C(=O)/C(N)=C2\CCCC2=NCC(=O)N2CCC(c3cccc(C4(C)CC4)c3)CC2)C[C@H](C)O1. The molecule has 1 aromatic rings. The Balaban J connectivity index is 1.17. The molecule has 2 aliphatic carbocycles. The number of carbonyl (C=O) groups excluding carboxylic acids is 2. The molecule has 0 unspecified atom stereocenters. The standard InChI is InChI=1S/C30H42N4O3/c1-20-18-34(19-21(2)37-20)29(36)28(31)25-8-5-9-26(25)32-17-27(35)33-14-10-22(11-15-33)23-6-4-7-24(16-23)30(3)12-13-30/h4,6-7,16,20-22H,5,8-15,17-19,31H2,1-3H3/b28-25-,32-26?/t20-,21+. The normalized spacial score (nSPS) is 28.5. The molecule has 2 saturated heterocycles. The number of morpholine rings is 1. The van der Waals surface area contributed by atoms with Crippen LogP contribution in [-0.2, 0) is 19.7 Å². The van der Waals surface area contributed by atoms with Crippen molar-refractivity contribution in [2.75, 3.05) is 32.7 Å². The van der Waals surface area contributed by atoms with Gasteiger partial charge in [-0.25, -0.2) is 0 Å². The lowest BCUT2D eigenvalue weighted by atomic mass is 9.86. The highest BCUT2D eigenvalue weighted by atomic mass is 16.5. The zero-order valence-corrected chi connectivity index (χ0v) is 22.7. The first-order chi connectivity index (χ1) is 17.7. The number of carbonyl (C=O) groups is 2. The molecule has 0 spiro atoms. The number of aliphatic imine (C=N–C) groups is 1. The third kappa shape index (κ3) is 5.77. The molecule has 37 heavy (non-hydrogen) atoms. The summed E-state index contributed by atoms with van der Waals surface area (Å²) < 4.78 is 5.75. The van der Waals surface area contributed by atoms with Crippen molar-refractivity contribution in [3.05, 3.63) is 46.7 Å². The number of benzene rings is 1. The molecular formula is C30H42N4O3. The molecule has 0 aromatic heterocycles. The molecule has 2 aliphatic heterocycles. The summed E-state index contributed by atoms with van der Waals surface area (Å²) in [7, 11) is 0. The summed E-state index contributed by atoms with van der Waals surface area (Å²) in [5, 5.41) is 0. The fraction of sp³-hybridized carbons (Fsp3) is 0.633. The van der Waals surface area contributed by atoms with E-state index in [2.05, 4.69) is 36.2 Å². The Labute approximate surface area is 221 Å². The van der Waals surface area contributed by atoms with Crippen molar-refractivity contribution in [3.8, 4) is 0 Å². The molecular weight excluding hydrogens is 464 g/mol. The number of nitrogens with zero attached hydrogens (tertiary/aromatic N) is 3. The summed E-state index contributed by atoms with van der Waals surface area (Å²) in [6, 6.07) is 9.12. The van der Waals surface area contributed by atoms with Gasteiger partial charge in [0.05, 0.1) is 12.2 Å². The van der Waals surface area contributed by atoms with E-state index in [1.54, 1.807) is 4.90 Å². The smallest absolute Gasteiger partial charge is 0.270 e. The summed E-state index contributed by atoms with van der Waals surface area (Å²) in [6.07, 6.45) is 6.96. The highest BCUT2D eigenvalue weighted by Crippen LogP contribution is 2.48. The minimum Gasteiger partial charge on any atom is -0.394 e. The van der Waals surface area contributed by atoms with Crippen molar-refractivity contribution in [1.82, 2.24) is 9.80 Å². The average Bonchev–Trinajstić information content (AvgIpc) is 3.48. The number of rotatable bonds is 5. The lowest BCUT2D eigenvalue weighted by molar-refractivity contribution is -0.139. The van der Waals surface area contributed by atoms with Gasteiger partial charge in [-0.3, -0.25) is 14.6 Å². The topological polar surface area (TPSA) is 88.2 Å². The van der Waals surface area contributed by atoms with E-state index in [0.717, 1.165) is 56.5 Å². The van der Waals surface area contributed by atoms with Gasteiger partial charge in [0.1, 0.15) is 12.2 Å². The summed E-state index contributed by atoms with van der Waals surface area (Å²) in [5.74, 6) is 0.440. The van der Waals surface area contributed by atoms with Crippen molar-refractivity contribution in [3.63, 3.8) is 0 Å². The fourth-order valence-corrected chi connectivity index (χ4v) is 6.21. The van der Waals surface area contributed by atoms with Crippen LogP contribution < -0.4 is 5.73 Å². The monoisotopic (exact) mass is 506 g/mol.